The monoisotopic (exact) mass is 242 g/mol. The molecule has 15 heavy (non-hydrogen) atoms. The smallest absolute Gasteiger partial charge is 0.143 e. The van der Waals surface area contributed by atoms with Gasteiger partial charge in [0.05, 0.1) is 10.0 Å². The van der Waals surface area contributed by atoms with Crippen LogP contribution in [0.25, 0.3) is 0 Å². The van der Waals surface area contributed by atoms with Crippen molar-refractivity contribution in [1.29, 1.82) is 0 Å². The van der Waals surface area contributed by atoms with Crippen molar-refractivity contribution < 1.29 is 4.79 Å². The SMILES string of the molecule is CC1(C(=O)Cc2ccc(Cl)c(Cl)c2)CC1. The summed E-state index contributed by atoms with van der Waals surface area (Å²) in [5, 5.41) is 1.05. The molecule has 0 amide bonds. The number of hydrogen-bond acceptors (Lipinski definition) is 1. The van der Waals surface area contributed by atoms with E-state index in [0.717, 1.165) is 18.4 Å². The van der Waals surface area contributed by atoms with Gasteiger partial charge in [-0.25, -0.2) is 0 Å². The number of rotatable bonds is 3. The first kappa shape index (κ1) is 11.0. The van der Waals surface area contributed by atoms with Gasteiger partial charge in [0.25, 0.3) is 0 Å². The quantitative estimate of drug-likeness (QED) is 0.786. The summed E-state index contributed by atoms with van der Waals surface area (Å²) in [6.45, 7) is 2.02. The van der Waals surface area contributed by atoms with E-state index in [0.29, 0.717) is 22.2 Å². The van der Waals surface area contributed by atoms with E-state index < -0.39 is 0 Å². The van der Waals surface area contributed by atoms with E-state index in [9.17, 15) is 4.79 Å². The van der Waals surface area contributed by atoms with Crippen molar-refractivity contribution in [3.8, 4) is 0 Å². The highest BCUT2D eigenvalue weighted by molar-refractivity contribution is 6.42. The van der Waals surface area contributed by atoms with Gasteiger partial charge >= 0.3 is 0 Å². The maximum atomic E-state index is 11.8. The molecule has 0 N–H and O–H groups in total. The molecule has 1 aromatic rings. The third-order valence-corrected chi connectivity index (χ3v) is 3.76. The molecule has 0 bridgehead atoms. The van der Waals surface area contributed by atoms with Crippen molar-refractivity contribution in [3.63, 3.8) is 0 Å². The molecule has 1 saturated carbocycles. The lowest BCUT2D eigenvalue weighted by Gasteiger charge is -2.07. The van der Waals surface area contributed by atoms with Crippen LogP contribution in [0.4, 0.5) is 0 Å². The first-order chi connectivity index (χ1) is 7.01. The van der Waals surface area contributed by atoms with Crippen molar-refractivity contribution >= 4 is 29.0 Å². The van der Waals surface area contributed by atoms with Gasteiger partial charge in [0, 0.05) is 11.8 Å². The number of carbonyl (C=O) groups is 1. The molecule has 1 aromatic carbocycles. The van der Waals surface area contributed by atoms with Crippen molar-refractivity contribution in [2.24, 2.45) is 5.41 Å². The standard InChI is InChI=1S/C12H12Cl2O/c1-12(4-5-12)11(15)7-8-2-3-9(13)10(14)6-8/h2-3,6H,4-5,7H2,1H3. The Morgan fingerprint density at radius 3 is 2.53 bits per heavy atom. The van der Waals surface area contributed by atoms with E-state index in [1.165, 1.54) is 0 Å². The Balaban J connectivity index is 2.11. The zero-order valence-electron chi connectivity index (χ0n) is 8.52. The lowest BCUT2D eigenvalue weighted by Crippen LogP contribution is -2.14. The van der Waals surface area contributed by atoms with Gasteiger partial charge < -0.3 is 0 Å². The molecule has 1 fully saturated rings. The summed E-state index contributed by atoms with van der Waals surface area (Å²) in [7, 11) is 0. The molecule has 0 atom stereocenters. The third kappa shape index (κ3) is 2.35. The average Bonchev–Trinajstić information content (AvgIpc) is 2.92. The molecule has 0 aliphatic heterocycles. The molecule has 80 valence electrons. The molecule has 0 heterocycles. The van der Waals surface area contributed by atoms with Gasteiger partial charge in [-0.1, -0.05) is 36.2 Å². The summed E-state index contributed by atoms with van der Waals surface area (Å²) in [5.74, 6) is 0.306. The Morgan fingerprint density at radius 1 is 1.33 bits per heavy atom. The highest BCUT2D eigenvalue weighted by Crippen LogP contribution is 2.46. The third-order valence-electron chi connectivity index (χ3n) is 3.02. The van der Waals surface area contributed by atoms with Gasteiger partial charge in [-0.15, -0.1) is 0 Å². The molecule has 1 aliphatic rings. The van der Waals surface area contributed by atoms with Gasteiger partial charge in [-0.3, -0.25) is 4.79 Å². The lowest BCUT2D eigenvalue weighted by molar-refractivity contribution is -0.122. The molecule has 0 spiro atoms. The van der Waals surface area contributed by atoms with Crippen LogP contribution >= 0.6 is 23.2 Å². The fourth-order valence-corrected chi connectivity index (χ4v) is 1.84. The van der Waals surface area contributed by atoms with Crippen LogP contribution in [-0.4, -0.2) is 5.78 Å². The molecule has 0 unspecified atom stereocenters. The summed E-state index contributed by atoms with van der Waals surface area (Å²) >= 11 is 11.7. The molecule has 1 aliphatic carbocycles. The van der Waals surface area contributed by atoms with Crippen LogP contribution < -0.4 is 0 Å². The highest BCUT2D eigenvalue weighted by Gasteiger charge is 2.43. The van der Waals surface area contributed by atoms with Crippen LogP contribution in [0.1, 0.15) is 25.3 Å². The average molecular weight is 243 g/mol. The second-order valence-corrected chi connectivity index (χ2v) is 5.22. The Kier molecular flexibility index (Phi) is 2.78. The molecule has 0 saturated heterocycles. The predicted molar refractivity (Wildman–Crippen MR) is 62.5 cm³/mol. The number of benzene rings is 1. The van der Waals surface area contributed by atoms with Gasteiger partial charge in [0.15, 0.2) is 0 Å². The summed E-state index contributed by atoms with van der Waals surface area (Å²) in [5.41, 5.74) is 0.883. The minimum Gasteiger partial charge on any atom is -0.299 e. The molecular weight excluding hydrogens is 231 g/mol. The van der Waals surface area contributed by atoms with Gasteiger partial charge in [-0.2, -0.15) is 0 Å². The normalized spacial score (nSPS) is 17.5. The number of hydrogen-bond donors (Lipinski definition) is 0. The predicted octanol–water partition coefficient (Wildman–Crippen LogP) is 3.91. The Bertz CT molecular complexity index is 408. The lowest BCUT2D eigenvalue weighted by atomic mass is 9.97. The largest absolute Gasteiger partial charge is 0.299 e. The maximum Gasteiger partial charge on any atom is 0.143 e. The number of carbonyl (C=O) groups excluding carboxylic acids is 1. The van der Waals surface area contributed by atoms with E-state index in [4.69, 9.17) is 23.2 Å². The first-order valence-corrected chi connectivity index (χ1v) is 5.74. The number of Topliss-reactive ketones (excluding diaryl/α,β-unsaturated/α-hetero) is 1. The zero-order valence-corrected chi connectivity index (χ0v) is 10.0. The van der Waals surface area contributed by atoms with Crippen molar-refractivity contribution in [3.05, 3.63) is 33.8 Å². The van der Waals surface area contributed by atoms with E-state index in [1.54, 1.807) is 12.1 Å². The molecule has 2 rings (SSSR count). The van der Waals surface area contributed by atoms with Crippen LogP contribution in [0.5, 0.6) is 0 Å². The van der Waals surface area contributed by atoms with Crippen LogP contribution in [0, 0.1) is 5.41 Å². The van der Waals surface area contributed by atoms with Crippen LogP contribution in [0.15, 0.2) is 18.2 Å². The molecule has 0 radical (unpaired) electrons. The molecule has 3 heteroatoms. The highest BCUT2D eigenvalue weighted by atomic mass is 35.5. The van der Waals surface area contributed by atoms with Crippen LogP contribution in [-0.2, 0) is 11.2 Å². The second kappa shape index (κ2) is 3.80. The summed E-state index contributed by atoms with van der Waals surface area (Å²) < 4.78 is 0. The second-order valence-electron chi connectivity index (χ2n) is 4.41. The summed E-state index contributed by atoms with van der Waals surface area (Å²) in [6, 6.07) is 5.37. The van der Waals surface area contributed by atoms with Crippen molar-refractivity contribution in [1.82, 2.24) is 0 Å². The van der Waals surface area contributed by atoms with Gasteiger partial charge in [0.1, 0.15) is 5.78 Å². The van der Waals surface area contributed by atoms with E-state index in [1.807, 2.05) is 13.0 Å². The maximum absolute atomic E-state index is 11.8. The zero-order chi connectivity index (χ0) is 11.1. The number of ketones is 1. The van der Waals surface area contributed by atoms with E-state index in [2.05, 4.69) is 0 Å². The minimum absolute atomic E-state index is 0.0634. The van der Waals surface area contributed by atoms with Gasteiger partial charge in [-0.05, 0) is 30.5 Å². The molecule has 1 nitrogen and oxygen atoms in total. The first-order valence-electron chi connectivity index (χ1n) is 4.98. The molecular formula is C12H12Cl2O. The minimum atomic E-state index is -0.0634. The van der Waals surface area contributed by atoms with Crippen LogP contribution in [0.3, 0.4) is 0 Å². The summed E-state index contributed by atoms with van der Waals surface area (Å²) in [4.78, 5) is 11.8. The molecule has 0 aromatic heterocycles. The number of halogens is 2. The van der Waals surface area contributed by atoms with Gasteiger partial charge in [0.2, 0.25) is 0 Å². The van der Waals surface area contributed by atoms with Crippen molar-refractivity contribution in [2.45, 2.75) is 26.2 Å². The fourth-order valence-electron chi connectivity index (χ4n) is 1.51. The Labute approximate surface area is 99.4 Å². The van der Waals surface area contributed by atoms with Crippen molar-refractivity contribution in [2.75, 3.05) is 0 Å². The van der Waals surface area contributed by atoms with Crippen LogP contribution in [0.2, 0.25) is 10.0 Å². The Hall–Kier alpha value is -0.530. The Morgan fingerprint density at radius 2 is 2.00 bits per heavy atom. The fraction of sp³-hybridized carbons (Fsp3) is 0.417. The topological polar surface area (TPSA) is 17.1 Å². The summed E-state index contributed by atoms with van der Waals surface area (Å²) in [6.07, 6.45) is 2.51. The van der Waals surface area contributed by atoms with E-state index >= 15 is 0 Å². The van der Waals surface area contributed by atoms with E-state index in [-0.39, 0.29) is 5.41 Å².